The van der Waals surface area contributed by atoms with Gasteiger partial charge in [-0.25, -0.2) is 12.8 Å². The van der Waals surface area contributed by atoms with Crippen LogP contribution in [0.1, 0.15) is 24.0 Å². The highest BCUT2D eigenvalue weighted by molar-refractivity contribution is 7.89. The number of nitrogens with zero attached hydrogens (tertiary/aromatic N) is 1. The molecule has 3 aromatic rings. The molecule has 5 rings (SSSR count). The summed E-state index contributed by atoms with van der Waals surface area (Å²) in [5, 5.41) is 5.40. The lowest BCUT2D eigenvalue weighted by Crippen LogP contribution is -2.41. The maximum Gasteiger partial charge on any atom is 0.243 e. The van der Waals surface area contributed by atoms with Crippen molar-refractivity contribution in [1.29, 1.82) is 0 Å². The maximum atomic E-state index is 13.1. The second-order valence-electron chi connectivity index (χ2n) is 8.23. The third-order valence-corrected chi connectivity index (χ3v) is 8.32. The maximum absolute atomic E-state index is 13.1. The zero-order valence-electron chi connectivity index (χ0n) is 17.0. The van der Waals surface area contributed by atoms with E-state index in [1.54, 1.807) is 0 Å². The molecular weight excluding hydrogens is 415 g/mol. The SMILES string of the molecule is O=C(Nc1ccc2c3c(cccc13)CC2)C1CCN(S(=O)(=O)c2ccc(F)cc2)CC1. The van der Waals surface area contributed by atoms with Crippen LogP contribution < -0.4 is 5.32 Å². The lowest BCUT2D eigenvalue weighted by atomic mass is 9.96. The Morgan fingerprint density at radius 3 is 2.32 bits per heavy atom. The molecule has 0 aromatic heterocycles. The van der Waals surface area contributed by atoms with Crippen LogP contribution in [0.5, 0.6) is 0 Å². The number of piperidine rings is 1. The summed E-state index contributed by atoms with van der Waals surface area (Å²) in [5.74, 6) is -0.794. The van der Waals surface area contributed by atoms with E-state index in [4.69, 9.17) is 0 Å². The third kappa shape index (κ3) is 3.62. The van der Waals surface area contributed by atoms with E-state index in [9.17, 15) is 17.6 Å². The summed E-state index contributed by atoms with van der Waals surface area (Å²) in [6.45, 7) is 0.531. The summed E-state index contributed by atoms with van der Waals surface area (Å²) in [7, 11) is -3.68. The van der Waals surface area contributed by atoms with Gasteiger partial charge in [-0.2, -0.15) is 4.31 Å². The molecular formula is C24H23FN2O3S. The summed E-state index contributed by atoms with van der Waals surface area (Å²) in [5.41, 5.74) is 3.46. The number of rotatable bonds is 4. The van der Waals surface area contributed by atoms with Crippen LogP contribution in [0, 0.1) is 11.7 Å². The first-order chi connectivity index (χ1) is 14.9. The highest BCUT2D eigenvalue weighted by Crippen LogP contribution is 2.35. The number of carbonyl (C=O) groups excluding carboxylic acids is 1. The normalized spacial score (nSPS) is 17.2. The molecule has 0 unspecified atom stereocenters. The molecule has 1 heterocycles. The van der Waals surface area contributed by atoms with Crippen molar-refractivity contribution in [2.75, 3.05) is 18.4 Å². The van der Waals surface area contributed by atoms with Gasteiger partial charge in [-0.1, -0.05) is 24.3 Å². The Morgan fingerprint density at radius 2 is 1.61 bits per heavy atom. The van der Waals surface area contributed by atoms with Crippen LogP contribution in [0.2, 0.25) is 0 Å². The molecule has 7 heteroatoms. The minimum atomic E-state index is -3.68. The second kappa shape index (κ2) is 7.73. The Balaban J connectivity index is 1.28. The molecule has 31 heavy (non-hydrogen) atoms. The van der Waals surface area contributed by atoms with Crippen molar-refractivity contribution in [3.63, 3.8) is 0 Å². The number of amides is 1. The zero-order chi connectivity index (χ0) is 21.6. The van der Waals surface area contributed by atoms with Crippen LogP contribution in [-0.2, 0) is 27.7 Å². The van der Waals surface area contributed by atoms with Gasteiger partial charge in [-0.05, 0) is 72.5 Å². The molecule has 1 saturated heterocycles. The van der Waals surface area contributed by atoms with Crippen molar-refractivity contribution in [3.05, 3.63) is 71.5 Å². The molecule has 3 aromatic carbocycles. The molecule has 1 N–H and O–H groups in total. The Labute approximate surface area is 180 Å². The average molecular weight is 439 g/mol. The summed E-state index contributed by atoms with van der Waals surface area (Å²) < 4.78 is 40.1. The van der Waals surface area contributed by atoms with E-state index in [-0.39, 0.29) is 29.8 Å². The van der Waals surface area contributed by atoms with Crippen LogP contribution in [-0.4, -0.2) is 31.7 Å². The number of aryl methyl sites for hydroxylation is 2. The van der Waals surface area contributed by atoms with Crippen molar-refractivity contribution in [2.45, 2.75) is 30.6 Å². The second-order valence-corrected chi connectivity index (χ2v) is 10.2. The first-order valence-electron chi connectivity index (χ1n) is 10.5. The summed E-state index contributed by atoms with van der Waals surface area (Å²) in [6, 6.07) is 15.1. The standard InChI is InChI=1S/C24H23FN2O3S/c25-19-7-9-20(10-8-19)31(29,30)27-14-12-18(13-15-27)24(28)26-22-11-6-17-5-4-16-2-1-3-21(22)23(16)17/h1-3,6-11,18H,4-5,12-15H2,(H,26,28). The number of sulfonamides is 1. The van der Waals surface area contributed by atoms with Crippen LogP contribution in [0.4, 0.5) is 10.1 Å². The van der Waals surface area contributed by atoms with Gasteiger partial charge in [0.25, 0.3) is 0 Å². The van der Waals surface area contributed by atoms with Crippen molar-refractivity contribution in [2.24, 2.45) is 5.92 Å². The fourth-order valence-corrected chi connectivity index (χ4v) is 6.17. The molecule has 0 radical (unpaired) electrons. The molecule has 0 atom stereocenters. The Morgan fingerprint density at radius 1 is 0.935 bits per heavy atom. The number of carbonyl (C=O) groups is 1. The van der Waals surface area contributed by atoms with E-state index >= 15 is 0 Å². The predicted molar refractivity (Wildman–Crippen MR) is 118 cm³/mol. The van der Waals surface area contributed by atoms with E-state index in [0.29, 0.717) is 12.8 Å². The number of halogens is 1. The molecule has 0 saturated carbocycles. The van der Waals surface area contributed by atoms with E-state index in [2.05, 4.69) is 17.4 Å². The van der Waals surface area contributed by atoms with Crippen LogP contribution >= 0.6 is 0 Å². The van der Waals surface area contributed by atoms with Crippen molar-refractivity contribution in [3.8, 4) is 0 Å². The molecule has 1 amide bonds. The summed E-state index contributed by atoms with van der Waals surface area (Å²) in [6.07, 6.45) is 2.97. The Bertz CT molecular complexity index is 1250. The van der Waals surface area contributed by atoms with E-state index in [0.717, 1.165) is 36.0 Å². The predicted octanol–water partition coefficient (Wildman–Crippen LogP) is 4.12. The van der Waals surface area contributed by atoms with E-state index < -0.39 is 15.8 Å². The van der Waals surface area contributed by atoms with Crippen LogP contribution in [0.3, 0.4) is 0 Å². The number of hydrogen-bond acceptors (Lipinski definition) is 3. The molecule has 5 nitrogen and oxygen atoms in total. The summed E-state index contributed by atoms with van der Waals surface area (Å²) in [4.78, 5) is 13.0. The van der Waals surface area contributed by atoms with Gasteiger partial charge in [0.1, 0.15) is 5.82 Å². The van der Waals surface area contributed by atoms with Gasteiger partial charge in [-0.15, -0.1) is 0 Å². The minimum Gasteiger partial charge on any atom is -0.325 e. The fourth-order valence-electron chi connectivity index (χ4n) is 4.70. The minimum absolute atomic E-state index is 0.0717. The fraction of sp³-hybridized carbons (Fsp3) is 0.292. The smallest absolute Gasteiger partial charge is 0.243 e. The van der Waals surface area contributed by atoms with Gasteiger partial charge >= 0.3 is 0 Å². The van der Waals surface area contributed by atoms with Gasteiger partial charge in [0.15, 0.2) is 0 Å². The lowest BCUT2D eigenvalue weighted by Gasteiger charge is -2.30. The largest absolute Gasteiger partial charge is 0.325 e. The van der Waals surface area contributed by atoms with E-state index in [1.165, 1.54) is 33.0 Å². The third-order valence-electron chi connectivity index (χ3n) is 6.41. The average Bonchev–Trinajstić information content (AvgIpc) is 3.21. The van der Waals surface area contributed by atoms with Gasteiger partial charge in [-0.3, -0.25) is 4.79 Å². The monoisotopic (exact) mass is 438 g/mol. The van der Waals surface area contributed by atoms with Gasteiger partial charge in [0, 0.05) is 30.1 Å². The number of hydrogen-bond donors (Lipinski definition) is 1. The highest BCUT2D eigenvalue weighted by Gasteiger charge is 2.32. The molecule has 1 fully saturated rings. The summed E-state index contributed by atoms with van der Waals surface area (Å²) >= 11 is 0. The zero-order valence-corrected chi connectivity index (χ0v) is 17.8. The van der Waals surface area contributed by atoms with Crippen LogP contribution in [0.15, 0.2) is 59.5 Å². The van der Waals surface area contributed by atoms with Gasteiger partial charge in [0.05, 0.1) is 4.90 Å². The van der Waals surface area contributed by atoms with Crippen molar-refractivity contribution < 1.29 is 17.6 Å². The highest BCUT2D eigenvalue weighted by atomic mass is 32.2. The topological polar surface area (TPSA) is 66.5 Å². The Kier molecular flexibility index (Phi) is 5.02. The Hall–Kier alpha value is -2.77. The van der Waals surface area contributed by atoms with Crippen molar-refractivity contribution >= 4 is 32.4 Å². The lowest BCUT2D eigenvalue weighted by molar-refractivity contribution is -0.120. The molecule has 0 bridgehead atoms. The number of benzene rings is 3. The first kappa shape index (κ1) is 20.2. The van der Waals surface area contributed by atoms with E-state index in [1.807, 2.05) is 18.2 Å². The van der Waals surface area contributed by atoms with Crippen LogP contribution in [0.25, 0.3) is 10.8 Å². The van der Waals surface area contributed by atoms with Gasteiger partial charge in [0.2, 0.25) is 15.9 Å². The number of nitrogens with one attached hydrogen (secondary N) is 1. The molecule has 160 valence electrons. The van der Waals surface area contributed by atoms with Gasteiger partial charge < -0.3 is 5.32 Å². The molecule has 1 aliphatic heterocycles. The first-order valence-corrected chi connectivity index (χ1v) is 12.0. The molecule has 2 aliphatic rings. The quantitative estimate of drug-likeness (QED) is 0.667. The van der Waals surface area contributed by atoms with Crippen molar-refractivity contribution in [1.82, 2.24) is 4.31 Å². The molecule has 0 spiro atoms. The number of anilines is 1. The molecule has 1 aliphatic carbocycles.